The molecule has 0 radical (unpaired) electrons. The van der Waals surface area contributed by atoms with E-state index >= 15 is 0 Å². The van der Waals surface area contributed by atoms with Crippen LogP contribution < -0.4 is 36.0 Å². The molecule has 3 heterocycles. The minimum atomic E-state index is -0.204. The molecule has 0 aromatic heterocycles. The maximum Gasteiger partial charge on any atom is 0.252 e. The molecular formula is C86H69BN4. The van der Waals surface area contributed by atoms with Gasteiger partial charge in [-0.25, -0.2) is 0 Å². The fraction of sp³-hybridized carbons (Fsp3) is 0.0930. The molecule has 13 aromatic rings. The molecular weight excluding hydrogens is 1100 g/mol. The molecule has 13 aromatic carbocycles. The van der Waals surface area contributed by atoms with Gasteiger partial charge in [-0.05, 0) is 186 Å². The predicted octanol–water partition coefficient (Wildman–Crippen LogP) is 22.0. The van der Waals surface area contributed by atoms with Gasteiger partial charge in [-0.15, -0.1) is 0 Å². The topological polar surface area (TPSA) is 13.0 Å². The Balaban J connectivity index is 1.03. The Bertz CT molecular complexity index is 4770. The highest BCUT2D eigenvalue weighted by Crippen LogP contribution is 2.56. The molecule has 0 saturated carbocycles. The van der Waals surface area contributed by atoms with Crippen molar-refractivity contribution >= 4 is 91.3 Å². The molecule has 16 rings (SSSR count). The van der Waals surface area contributed by atoms with Crippen molar-refractivity contribution in [2.45, 2.75) is 52.4 Å². The molecule has 3 aliphatic heterocycles. The van der Waals surface area contributed by atoms with Gasteiger partial charge in [0.1, 0.15) is 0 Å². The Kier molecular flexibility index (Phi) is 13.4. The number of anilines is 12. The molecule has 91 heavy (non-hydrogen) atoms. The summed E-state index contributed by atoms with van der Waals surface area (Å²) in [5.41, 5.74) is 31.5. The summed E-state index contributed by atoms with van der Waals surface area (Å²) in [5.74, 6) is 0. The van der Waals surface area contributed by atoms with E-state index in [1.54, 1.807) is 0 Å². The summed E-state index contributed by atoms with van der Waals surface area (Å²) in [6.45, 7) is 13.7. The Labute approximate surface area is 536 Å². The van der Waals surface area contributed by atoms with E-state index in [9.17, 15) is 0 Å². The van der Waals surface area contributed by atoms with E-state index in [0.29, 0.717) is 0 Å². The van der Waals surface area contributed by atoms with E-state index in [1.807, 2.05) is 0 Å². The zero-order valence-electron chi connectivity index (χ0n) is 52.3. The molecule has 0 atom stereocenters. The van der Waals surface area contributed by atoms with Crippen LogP contribution in [0.15, 0.2) is 309 Å². The zero-order valence-corrected chi connectivity index (χ0v) is 52.3. The number of hydrogen-bond acceptors (Lipinski definition) is 4. The molecule has 0 fully saturated rings. The largest absolute Gasteiger partial charge is 0.311 e. The summed E-state index contributed by atoms with van der Waals surface area (Å²) in [5, 5.41) is 0. The summed E-state index contributed by atoms with van der Waals surface area (Å²) in [4.78, 5) is 10.1. The van der Waals surface area contributed by atoms with Crippen LogP contribution in [0.2, 0.25) is 0 Å². The van der Waals surface area contributed by atoms with Crippen molar-refractivity contribution in [2.24, 2.45) is 0 Å². The average molecular weight is 1170 g/mol. The van der Waals surface area contributed by atoms with Gasteiger partial charge in [-0.3, -0.25) is 0 Å². The minimum absolute atomic E-state index is 0.0330. The Morgan fingerprint density at radius 2 is 0.681 bits per heavy atom. The maximum absolute atomic E-state index is 2.65. The molecule has 436 valence electrons. The Morgan fingerprint density at radius 1 is 0.264 bits per heavy atom. The lowest BCUT2D eigenvalue weighted by molar-refractivity contribution is 0.569. The summed E-state index contributed by atoms with van der Waals surface area (Å²) in [6.07, 6.45) is 0. The molecule has 0 unspecified atom stereocenters. The lowest BCUT2D eigenvalue weighted by atomic mass is 9.33. The molecule has 5 heteroatoms. The highest BCUT2D eigenvalue weighted by molar-refractivity contribution is 7.00. The first-order valence-electron chi connectivity index (χ1n) is 31.9. The first-order chi connectivity index (χ1) is 44.4. The quantitative estimate of drug-likeness (QED) is 0.127. The standard InChI is InChI=1S/C86H69BN4/c1-85(2,3)64-49-62(50-65(54-64)86(4,5)6)60-41-44-70(45-42-60)90-80-55-71(88(66-31-17-9-18-32-66)67-33-19-10-20-34-67)46-47-77(80)87-78-53-63(59-29-15-8-16-30-59)52-76-74-40-26-25-39-73(74)75-51-61(58-27-13-7-14-28-58)43-48-79(75)91(84(76)78)82-57-72(56-81(90)83(82)87)89(68-35-21-11-22-36-68)69-37-23-12-24-38-69/h7-57H,1-6H3. The SMILES string of the molecule is CC(C)(C)c1cc(-c2ccc(N3c4cc(N(c5ccccc5)c5ccccc5)ccc4B4c5cc(-c6ccccc6)cc6c5N(c5ccc(-c7ccccc7)cc5-c5ccccc5-6)c5cc(N(c6ccccc6)c6ccccc6)cc3c54)cc2)cc(C(C)(C)C)c1. The van der Waals surface area contributed by atoms with Crippen LogP contribution in [-0.4, -0.2) is 6.71 Å². The van der Waals surface area contributed by atoms with Crippen LogP contribution >= 0.6 is 0 Å². The van der Waals surface area contributed by atoms with E-state index in [2.05, 4.69) is 371 Å². The highest BCUT2D eigenvalue weighted by Gasteiger charge is 2.47. The smallest absolute Gasteiger partial charge is 0.252 e. The molecule has 3 aliphatic rings. The number of nitrogens with zero attached hydrogens (tertiary/aromatic N) is 4. The summed E-state index contributed by atoms with van der Waals surface area (Å²) < 4.78 is 0. The number of rotatable bonds is 10. The van der Waals surface area contributed by atoms with Crippen LogP contribution in [0, 0.1) is 0 Å². The molecule has 0 saturated heterocycles. The van der Waals surface area contributed by atoms with Crippen LogP contribution in [0.5, 0.6) is 0 Å². The molecule has 4 nitrogen and oxygen atoms in total. The van der Waals surface area contributed by atoms with Crippen LogP contribution in [0.3, 0.4) is 0 Å². The van der Waals surface area contributed by atoms with Gasteiger partial charge in [0.25, 0.3) is 6.71 Å². The van der Waals surface area contributed by atoms with E-state index in [0.717, 1.165) is 62.6 Å². The van der Waals surface area contributed by atoms with Crippen molar-refractivity contribution in [1.29, 1.82) is 0 Å². The summed E-state index contributed by atoms with van der Waals surface area (Å²) in [6, 6.07) is 116. The predicted molar refractivity (Wildman–Crippen MR) is 388 cm³/mol. The minimum Gasteiger partial charge on any atom is -0.311 e. The zero-order chi connectivity index (χ0) is 61.5. The van der Waals surface area contributed by atoms with E-state index in [4.69, 9.17) is 0 Å². The van der Waals surface area contributed by atoms with Crippen molar-refractivity contribution in [3.63, 3.8) is 0 Å². The van der Waals surface area contributed by atoms with Crippen molar-refractivity contribution in [3.8, 4) is 55.6 Å². The lowest BCUT2D eigenvalue weighted by Crippen LogP contribution is -2.61. The van der Waals surface area contributed by atoms with E-state index < -0.39 is 0 Å². The van der Waals surface area contributed by atoms with Gasteiger partial charge in [0.2, 0.25) is 0 Å². The Morgan fingerprint density at radius 3 is 1.21 bits per heavy atom. The molecule has 0 N–H and O–H groups in total. The van der Waals surface area contributed by atoms with Gasteiger partial charge in [0, 0.05) is 68.0 Å². The van der Waals surface area contributed by atoms with Crippen LogP contribution in [-0.2, 0) is 10.8 Å². The summed E-state index contributed by atoms with van der Waals surface area (Å²) in [7, 11) is 0. The van der Waals surface area contributed by atoms with E-state index in [-0.39, 0.29) is 17.5 Å². The van der Waals surface area contributed by atoms with Crippen molar-refractivity contribution in [2.75, 3.05) is 19.6 Å². The van der Waals surface area contributed by atoms with Gasteiger partial charge < -0.3 is 19.6 Å². The fourth-order valence-electron chi connectivity index (χ4n) is 14.3. The molecule has 0 bridgehead atoms. The number of fused-ring (bicyclic) bond motifs is 9. The third kappa shape index (κ3) is 9.71. The second-order valence-electron chi connectivity index (χ2n) is 26.6. The molecule has 0 aliphatic carbocycles. The third-order valence-corrected chi connectivity index (χ3v) is 18.8. The van der Waals surface area contributed by atoms with Crippen LogP contribution in [0.25, 0.3) is 55.6 Å². The van der Waals surface area contributed by atoms with E-state index in [1.165, 1.54) is 88.8 Å². The van der Waals surface area contributed by atoms with Gasteiger partial charge >= 0.3 is 0 Å². The van der Waals surface area contributed by atoms with Gasteiger partial charge in [-0.2, -0.15) is 0 Å². The molecule has 0 spiro atoms. The lowest BCUT2D eigenvalue weighted by Gasteiger charge is -2.46. The fourth-order valence-corrected chi connectivity index (χ4v) is 14.3. The normalized spacial score (nSPS) is 12.7. The first kappa shape index (κ1) is 55.4. The summed E-state index contributed by atoms with van der Waals surface area (Å²) >= 11 is 0. The van der Waals surface area contributed by atoms with Crippen LogP contribution in [0.1, 0.15) is 52.7 Å². The van der Waals surface area contributed by atoms with Gasteiger partial charge in [0.05, 0.1) is 11.4 Å². The number of para-hydroxylation sites is 4. The monoisotopic (exact) mass is 1170 g/mol. The molecule has 0 amide bonds. The maximum atomic E-state index is 2.65. The van der Waals surface area contributed by atoms with Crippen molar-refractivity contribution in [1.82, 2.24) is 0 Å². The Hall–Kier alpha value is -10.9. The number of hydrogen-bond donors (Lipinski definition) is 0. The van der Waals surface area contributed by atoms with Gasteiger partial charge in [0.15, 0.2) is 0 Å². The number of benzene rings is 13. The van der Waals surface area contributed by atoms with Crippen LogP contribution in [0.4, 0.5) is 68.2 Å². The average Bonchev–Trinajstić information content (AvgIpc) is 1.66. The first-order valence-corrected chi connectivity index (χ1v) is 31.9. The highest BCUT2D eigenvalue weighted by atomic mass is 15.2. The second-order valence-corrected chi connectivity index (χ2v) is 26.6. The van der Waals surface area contributed by atoms with Crippen molar-refractivity contribution in [3.05, 3.63) is 321 Å². The third-order valence-electron chi connectivity index (χ3n) is 18.8. The van der Waals surface area contributed by atoms with Gasteiger partial charge in [-0.1, -0.05) is 248 Å². The van der Waals surface area contributed by atoms with Crippen molar-refractivity contribution < 1.29 is 0 Å². The second kappa shape index (κ2) is 22.0.